The van der Waals surface area contributed by atoms with Gasteiger partial charge in [0.05, 0.1) is 5.92 Å². The molecule has 1 aliphatic carbocycles. The zero-order valence-electron chi connectivity index (χ0n) is 11.2. The van der Waals surface area contributed by atoms with E-state index in [1.807, 2.05) is 0 Å². The highest BCUT2D eigenvalue weighted by atomic mass is 16.4. The van der Waals surface area contributed by atoms with Crippen molar-refractivity contribution in [2.45, 2.75) is 12.8 Å². The number of anilines is 1. The number of rotatable bonds is 4. The van der Waals surface area contributed by atoms with Gasteiger partial charge in [0.2, 0.25) is 11.8 Å². The maximum absolute atomic E-state index is 12.2. The number of hydrogen-bond donors (Lipinski definition) is 2. The Morgan fingerprint density at radius 1 is 1.05 bits per heavy atom. The number of hydrogen-bond acceptors (Lipinski definition) is 4. The lowest BCUT2D eigenvalue weighted by Crippen LogP contribution is -2.41. The molecule has 6 heteroatoms. The third-order valence-electron chi connectivity index (χ3n) is 3.51. The van der Waals surface area contributed by atoms with Crippen molar-refractivity contribution in [3.05, 3.63) is 42.0 Å². The standard InChI is InChI=1S/C15H16N2O4/c16-13(18)9-5-7-10(8-6-9)17-14(19)11-3-1-2-4-12(11)15(20)21/h1-2,5-8,11-12H,3-4H2,(H2,16,18)(H,17,19)(H,20,21)/p-1. The second kappa shape index (κ2) is 6.21. The molecule has 0 spiro atoms. The van der Waals surface area contributed by atoms with Crippen molar-refractivity contribution in [2.24, 2.45) is 17.6 Å². The van der Waals surface area contributed by atoms with Gasteiger partial charge in [-0.15, -0.1) is 0 Å². The minimum Gasteiger partial charge on any atom is -0.550 e. The number of carbonyl (C=O) groups excluding carboxylic acids is 3. The Balaban J connectivity index is 2.08. The molecule has 0 aromatic heterocycles. The molecule has 1 aromatic carbocycles. The largest absolute Gasteiger partial charge is 0.550 e. The Hall–Kier alpha value is -2.63. The maximum Gasteiger partial charge on any atom is 0.248 e. The summed E-state index contributed by atoms with van der Waals surface area (Å²) in [7, 11) is 0. The number of benzene rings is 1. The Labute approximate surface area is 121 Å². The van der Waals surface area contributed by atoms with Crippen molar-refractivity contribution in [1.29, 1.82) is 0 Å². The van der Waals surface area contributed by atoms with Gasteiger partial charge in [0.15, 0.2) is 0 Å². The highest BCUT2D eigenvalue weighted by molar-refractivity contribution is 5.96. The van der Waals surface area contributed by atoms with Crippen LogP contribution >= 0.6 is 0 Å². The third-order valence-corrected chi connectivity index (χ3v) is 3.51. The molecule has 6 nitrogen and oxygen atoms in total. The van der Waals surface area contributed by atoms with E-state index < -0.39 is 23.7 Å². The molecule has 0 radical (unpaired) electrons. The molecule has 3 N–H and O–H groups in total. The first kappa shape index (κ1) is 14.8. The fourth-order valence-electron chi connectivity index (χ4n) is 2.32. The van der Waals surface area contributed by atoms with Crippen LogP contribution in [-0.4, -0.2) is 17.8 Å². The van der Waals surface area contributed by atoms with E-state index in [2.05, 4.69) is 5.32 Å². The molecule has 21 heavy (non-hydrogen) atoms. The second-order valence-electron chi connectivity index (χ2n) is 4.91. The predicted octanol–water partition coefficient (Wildman–Crippen LogP) is 0.0563. The normalized spacial score (nSPS) is 20.8. The Morgan fingerprint density at radius 2 is 1.62 bits per heavy atom. The first-order chi connectivity index (χ1) is 9.99. The zero-order valence-corrected chi connectivity index (χ0v) is 11.2. The average molecular weight is 287 g/mol. The smallest absolute Gasteiger partial charge is 0.248 e. The highest BCUT2D eigenvalue weighted by Gasteiger charge is 2.29. The van der Waals surface area contributed by atoms with Crippen LogP contribution in [0, 0.1) is 11.8 Å². The molecule has 110 valence electrons. The van der Waals surface area contributed by atoms with Crippen LogP contribution < -0.4 is 16.2 Å². The molecule has 2 unspecified atom stereocenters. The molecule has 2 amide bonds. The molecule has 0 saturated heterocycles. The van der Waals surface area contributed by atoms with Crippen LogP contribution in [0.4, 0.5) is 5.69 Å². The molecular formula is C15H15N2O4-. The van der Waals surface area contributed by atoms with Crippen LogP contribution in [0.5, 0.6) is 0 Å². The number of carbonyl (C=O) groups is 3. The minimum absolute atomic E-state index is 0.293. The molecule has 0 bridgehead atoms. The Bertz CT molecular complexity index is 592. The summed E-state index contributed by atoms with van der Waals surface area (Å²) in [6.07, 6.45) is 4.19. The molecule has 0 fully saturated rings. The summed E-state index contributed by atoms with van der Waals surface area (Å²) in [5.74, 6) is -3.62. The van der Waals surface area contributed by atoms with E-state index in [1.165, 1.54) is 12.1 Å². The molecule has 1 aromatic rings. The van der Waals surface area contributed by atoms with Crippen LogP contribution in [0.1, 0.15) is 23.2 Å². The van der Waals surface area contributed by atoms with Gasteiger partial charge >= 0.3 is 0 Å². The van der Waals surface area contributed by atoms with Gasteiger partial charge in [-0.05, 0) is 37.1 Å². The summed E-state index contributed by atoms with van der Waals surface area (Å²) in [4.78, 5) is 34.2. The quantitative estimate of drug-likeness (QED) is 0.762. The maximum atomic E-state index is 12.2. The lowest BCUT2D eigenvalue weighted by molar-refractivity contribution is -0.313. The summed E-state index contributed by atoms with van der Waals surface area (Å²) in [6.45, 7) is 0. The zero-order chi connectivity index (χ0) is 15.4. The van der Waals surface area contributed by atoms with Gasteiger partial charge < -0.3 is 21.0 Å². The second-order valence-corrected chi connectivity index (χ2v) is 4.91. The van der Waals surface area contributed by atoms with Crippen LogP contribution in [0.25, 0.3) is 0 Å². The average Bonchev–Trinajstić information content (AvgIpc) is 2.47. The van der Waals surface area contributed by atoms with Crippen molar-refractivity contribution in [3.63, 3.8) is 0 Å². The number of amides is 2. The molecule has 1 aliphatic rings. The number of nitrogens with one attached hydrogen (secondary N) is 1. The van der Waals surface area contributed by atoms with Gasteiger partial charge in [-0.3, -0.25) is 9.59 Å². The van der Waals surface area contributed by atoms with E-state index in [1.54, 1.807) is 24.3 Å². The van der Waals surface area contributed by atoms with E-state index >= 15 is 0 Å². The molecule has 0 aliphatic heterocycles. The molecule has 2 atom stereocenters. The van der Waals surface area contributed by atoms with Crippen molar-refractivity contribution < 1.29 is 19.5 Å². The Kier molecular flexibility index (Phi) is 4.37. The number of nitrogens with two attached hydrogens (primary N) is 1. The Morgan fingerprint density at radius 3 is 2.14 bits per heavy atom. The van der Waals surface area contributed by atoms with Crippen molar-refractivity contribution >= 4 is 23.5 Å². The number of allylic oxidation sites excluding steroid dienone is 2. The van der Waals surface area contributed by atoms with E-state index in [0.29, 0.717) is 24.1 Å². The van der Waals surface area contributed by atoms with Gasteiger partial charge in [0.25, 0.3) is 0 Å². The van der Waals surface area contributed by atoms with Gasteiger partial charge in [0.1, 0.15) is 0 Å². The van der Waals surface area contributed by atoms with Gasteiger partial charge in [-0.25, -0.2) is 0 Å². The summed E-state index contributed by atoms with van der Waals surface area (Å²) in [6, 6.07) is 6.08. The first-order valence-corrected chi connectivity index (χ1v) is 6.55. The molecular weight excluding hydrogens is 272 g/mol. The van der Waals surface area contributed by atoms with Crippen molar-refractivity contribution in [2.75, 3.05) is 5.32 Å². The first-order valence-electron chi connectivity index (χ1n) is 6.55. The topological polar surface area (TPSA) is 112 Å². The number of primary amides is 1. The summed E-state index contributed by atoms with van der Waals surface area (Å²) < 4.78 is 0. The van der Waals surface area contributed by atoms with E-state index in [9.17, 15) is 19.5 Å². The van der Waals surface area contributed by atoms with Gasteiger partial charge in [-0.2, -0.15) is 0 Å². The van der Waals surface area contributed by atoms with E-state index in [-0.39, 0.29) is 5.91 Å². The van der Waals surface area contributed by atoms with Gasteiger partial charge in [-0.1, -0.05) is 12.2 Å². The van der Waals surface area contributed by atoms with Crippen molar-refractivity contribution in [1.82, 2.24) is 0 Å². The van der Waals surface area contributed by atoms with Crippen LogP contribution in [-0.2, 0) is 9.59 Å². The lowest BCUT2D eigenvalue weighted by atomic mass is 9.82. The summed E-state index contributed by atoms with van der Waals surface area (Å²) in [5.41, 5.74) is 5.94. The number of carboxylic acids is 1. The molecule has 2 rings (SSSR count). The molecule has 0 heterocycles. The predicted molar refractivity (Wildman–Crippen MR) is 74.0 cm³/mol. The summed E-state index contributed by atoms with van der Waals surface area (Å²) in [5, 5.41) is 13.7. The van der Waals surface area contributed by atoms with Crippen LogP contribution in [0.2, 0.25) is 0 Å². The number of aliphatic carboxylic acids is 1. The monoisotopic (exact) mass is 287 g/mol. The molecule has 0 saturated carbocycles. The fourth-order valence-corrected chi connectivity index (χ4v) is 2.32. The fraction of sp³-hybridized carbons (Fsp3) is 0.267. The minimum atomic E-state index is -1.22. The third kappa shape index (κ3) is 3.47. The SMILES string of the molecule is NC(=O)c1ccc(NC(=O)C2CC=CCC2C(=O)[O-])cc1. The van der Waals surface area contributed by atoms with Gasteiger partial charge in [0, 0.05) is 23.1 Å². The lowest BCUT2D eigenvalue weighted by Gasteiger charge is -2.28. The van der Waals surface area contributed by atoms with E-state index in [0.717, 1.165) is 0 Å². The van der Waals surface area contributed by atoms with E-state index in [4.69, 9.17) is 5.73 Å². The number of carboxylic acid groups (broad SMARTS) is 1. The summed E-state index contributed by atoms with van der Waals surface area (Å²) >= 11 is 0. The van der Waals surface area contributed by atoms with Crippen molar-refractivity contribution in [3.8, 4) is 0 Å². The van der Waals surface area contributed by atoms with Crippen LogP contribution in [0.3, 0.4) is 0 Å². The highest BCUT2D eigenvalue weighted by Crippen LogP contribution is 2.26. The van der Waals surface area contributed by atoms with Crippen LogP contribution in [0.15, 0.2) is 36.4 Å².